The van der Waals surface area contributed by atoms with Crippen molar-refractivity contribution < 1.29 is 9.59 Å². The molecular formula is C42H28N6O6. The van der Waals surface area contributed by atoms with Gasteiger partial charge < -0.3 is 20.6 Å². The fraction of sp³-hybridized carbons (Fsp3) is 0. The molecule has 8 rings (SSSR count). The van der Waals surface area contributed by atoms with Crippen LogP contribution in [0.15, 0.2) is 165 Å². The van der Waals surface area contributed by atoms with Crippen molar-refractivity contribution in [1.29, 1.82) is 0 Å². The highest BCUT2D eigenvalue weighted by molar-refractivity contribution is 6.05. The highest BCUT2D eigenvalue weighted by atomic mass is 16.2. The summed E-state index contributed by atoms with van der Waals surface area (Å²) in [6.07, 6.45) is 0. The summed E-state index contributed by atoms with van der Waals surface area (Å²) < 4.78 is 2.07. The van der Waals surface area contributed by atoms with E-state index < -0.39 is 22.5 Å². The summed E-state index contributed by atoms with van der Waals surface area (Å²) in [4.78, 5) is 82.6. The molecule has 0 aliphatic heterocycles. The van der Waals surface area contributed by atoms with Crippen LogP contribution in [0.4, 0.5) is 11.4 Å². The first-order chi connectivity index (χ1) is 26.2. The van der Waals surface area contributed by atoms with Crippen LogP contribution in [0.3, 0.4) is 0 Å². The molecular weight excluding hydrogens is 684 g/mol. The Hall–Kier alpha value is -7.86. The second-order valence-electron chi connectivity index (χ2n) is 12.4. The Labute approximate surface area is 304 Å². The van der Waals surface area contributed by atoms with E-state index in [1.807, 2.05) is 24.3 Å². The molecule has 0 atom stereocenters. The highest BCUT2D eigenvalue weighted by Gasteiger charge is 2.14. The molecule has 2 aromatic heterocycles. The van der Waals surface area contributed by atoms with Gasteiger partial charge in [0, 0.05) is 22.5 Å². The smallest absolute Gasteiger partial charge is 0.322 e. The molecule has 6 aromatic carbocycles. The van der Waals surface area contributed by atoms with Crippen LogP contribution in [0, 0.1) is 0 Å². The zero-order chi connectivity index (χ0) is 37.3. The van der Waals surface area contributed by atoms with Gasteiger partial charge in [0.2, 0.25) is 0 Å². The summed E-state index contributed by atoms with van der Waals surface area (Å²) in [5.74, 6) is -0.722. The van der Waals surface area contributed by atoms with Crippen molar-refractivity contribution in [3.63, 3.8) is 0 Å². The maximum absolute atomic E-state index is 13.0. The number of nitrogens with zero attached hydrogens (tertiary/aromatic N) is 2. The van der Waals surface area contributed by atoms with Crippen LogP contribution in [0.2, 0.25) is 0 Å². The van der Waals surface area contributed by atoms with E-state index in [-0.39, 0.29) is 11.8 Å². The molecule has 2 amide bonds. The molecule has 0 fully saturated rings. The van der Waals surface area contributed by atoms with Crippen molar-refractivity contribution >= 4 is 45.0 Å². The topological polar surface area (TPSA) is 168 Å². The van der Waals surface area contributed by atoms with Crippen molar-refractivity contribution in [3.05, 3.63) is 198 Å². The van der Waals surface area contributed by atoms with E-state index in [9.17, 15) is 28.8 Å². The first-order valence-corrected chi connectivity index (χ1v) is 16.8. The summed E-state index contributed by atoms with van der Waals surface area (Å²) in [5, 5.41) is 6.47. The average Bonchev–Trinajstić information content (AvgIpc) is 3.19. The number of H-pyrrole nitrogens is 2. The Morgan fingerprint density at radius 1 is 0.426 bits per heavy atom. The van der Waals surface area contributed by atoms with Crippen LogP contribution in [0.1, 0.15) is 20.7 Å². The zero-order valence-corrected chi connectivity index (χ0v) is 28.2. The second-order valence-corrected chi connectivity index (χ2v) is 12.4. The molecule has 0 aliphatic carbocycles. The molecule has 8 aromatic rings. The Kier molecular flexibility index (Phi) is 8.44. The zero-order valence-electron chi connectivity index (χ0n) is 28.2. The number of carbonyl (C=O) groups is 2. The van der Waals surface area contributed by atoms with Gasteiger partial charge in [0.15, 0.2) is 0 Å². The number of rotatable bonds is 7. The number of benzene rings is 6. The summed E-state index contributed by atoms with van der Waals surface area (Å²) in [6.45, 7) is 0. The van der Waals surface area contributed by atoms with Gasteiger partial charge in [-0.25, -0.2) is 18.7 Å². The summed E-state index contributed by atoms with van der Waals surface area (Å²) in [7, 11) is 0. The van der Waals surface area contributed by atoms with Gasteiger partial charge in [0.1, 0.15) is 0 Å². The molecule has 262 valence electrons. The van der Waals surface area contributed by atoms with Gasteiger partial charge in [0.05, 0.1) is 33.2 Å². The first kappa shape index (κ1) is 33.3. The standard InChI is InChI=1S/C42H28N6O6/c49-37(27-13-21-31(22-14-27)47-39(51)33-5-1-3-7-35(33)45-41(47)53)43-29-17-9-25(10-18-29)26-11-19-30(20-12-26)44-38(50)28-15-23-32(24-16-28)48-40(52)34-6-2-4-8-36(34)46-42(48)54/h1-24H,(H,43,49)(H,44,50)(H,45,53)(H,46,54). The first-order valence-electron chi connectivity index (χ1n) is 16.8. The molecule has 0 saturated heterocycles. The number of aromatic amines is 2. The predicted molar refractivity (Wildman–Crippen MR) is 208 cm³/mol. The number of fused-ring (bicyclic) bond motifs is 2. The van der Waals surface area contributed by atoms with E-state index in [0.29, 0.717) is 55.7 Å². The summed E-state index contributed by atoms with van der Waals surface area (Å²) in [6, 6.07) is 40.4. The number of para-hydroxylation sites is 2. The fourth-order valence-corrected chi connectivity index (χ4v) is 6.22. The maximum Gasteiger partial charge on any atom is 0.333 e. The quantitative estimate of drug-likeness (QED) is 0.162. The van der Waals surface area contributed by atoms with Crippen LogP contribution in [-0.2, 0) is 0 Å². The van der Waals surface area contributed by atoms with E-state index in [4.69, 9.17) is 0 Å². The number of carbonyl (C=O) groups excluding carboxylic acids is 2. The van der Waals surface area contributed by atoms with Crippen LogP contribution >= 0.6 is 0 Å². The minimum atomic E-state index is -0.573. The molecule has 0 bridgehead atoms. The number of nitrogens with one attached hydrogen (secondary N) is 4. The van der Waals surface area contributed by atoms with Crippen molar-refractivity contribution in [2.45, 2.75) is 0 Å². The van der Waals surface area contributed by atoms with Crippen LogP contribution < -0.4 is 33.1 Å². The van der Waals surface area contributed by atoms with Crippen molar-refractivity contribution in [1.82, 2.24) is 19.1 Å². The van der Waals surface area contributed by atoms with Gasteiger partial charge in [-0.15, -0.1) is 0 Å². The number of amides is 2. The third kappa shape index (κ3) is 6.31. The predicted octanol–water partition coefficient (Wildman–Crippen LogP) is 5.84. The highest BCUT2D eigenvalue weighted by Crippen LogP contribution is 2.24. The van der Waals surface area contributed by atoms with Crippen molar-refractivity contribution in [2.75, 3.05) is 10.6 Å². The average molecular weight is 713 g/mol. The summed E-state index contributed by atoms with van der Waals surface area (Å²) in [5.41, 5.74) is 3.12. The number of hydrogen-bond acceptors (Lipinski definition) is 6. The van der Waals surface area contributed by atoms with E-state index in [1.54, 1.807) is 121 Å². The molecule has 0 unspecified atom stereocenters. The van der Waals surface area contributed by atoms with E-state index in [0.717, 1.165) is 20.3 Å². The largest absolute Gasteiger partial charge is 0.333 e. The third-order valence-corrected chi connectivity index (χ3v) is 9.00. The van der Waals surface area contributed by atoms with Gasteiger partial charge in [-0.2, -0.15) is 0 Å². The fourth-order valence-electron chi connectivity index (χ4n) is 6.22. The minimum Gasteiger partial charge on any atom is -0.322 e. The van der Waals surface area contributed by atoms with E-state index >= 15 is 0 Å². The molecule has 12 nitrogen and oxygen atoms in total. The van der Waals surface area contributed by atoms with Crippen LogP contribution in [0.25, 0.3) is 44.3 Å². The number of anilines is 2. The lowest BCUT2D eigenvalue weighted by Gasteiger charge is -2.10. The lowest BCUT2D eigenvalue weighted by Crippen LogP contribution is -2.33. The van der Waals surface area contributed by atoms with Gasteiger partial charge in [-0.1, -0.05) is 48.5 Å². The molecule has 0 radical (unpaired) electrons. The Balaban J connectivity index is 0.900. The number of aromatic nitrogens is 4. The SMILES string of the molecule is O=C(Nc1ccc(-c2ccc(NC(=O)c3ccc(-n4c(=O)[nH]c5ccccc5c4=O)cc3)cc2)cc1)c1ccc(-n2c(=O)[nH]c3ccccc3c2=O)cc1. The van der Waals surface area contributed by atoms with Gasteiger partial charge in [0.25, 0.3) is 22.9 Å². The van der Waals surface area contributed by atoms with Gasteiger partial charge >= 0.3 is 11.4 Å². The van der Waals surface area contributed by atoms with E-state index in [1.165, 1.54) is 0 Å². The molecule has 0 spiro atoms. The van der Waals surface area contributed by atoms with Crippen LogP contribution in [-0.4, -0.2) is 30.9 Å². The second kappa shape index (κ2) is 13.7. The Bertz CT molecular complexity index is 2770. The molecule has 2 heterocycles. The maximum atomic E-state index is 13.0. The lowest BCUT2D eigenvalue weighted by atomic mass is 10.0. The summed E-state index contributed by atoms with van der Waals surface area (Å²) >= 11 is 0. The molecule has 0 aliphatic rings. The Morgan fingerprint density at radius 2 is 0.778 bits per heavy atom. The molecule has 0 saturated carbocycles. The third-order valence-electron chi connectivity index (χ3n) is 9.00. The Morgan fingerprint density at radius 3 is 1.15 bits per heavy atom. The molecule has 12 heteroatoms. The monoisotopic (exact) mass is 712 g/mol. The van der Waals surface area contributed by atoms with Gasteiger partial charge in [-0.3, -0.25) is 19.2 Å². The van der Waals surface area contributed by atoms with E-state index in [2.05, 4.69) is 20.6 Å². The minimum absolute atomic E-state index is 0.336. The van der Waals surface area contributed by atoms with Crippen molar-refractivity contribution in [2.24, 2.45) is 0 Å². The van der Waals surface area contributed by atoms with Gasteiger partial charge in [-0.05, 0) is 108 Å². The van der Waals surface area contributed by atoms with Crippen LogP contribution in [0.5, 0.6) is 0 Å². The normalized spacial score (nSPS) is 11.0. The number of hydrogen-bond donors (Lipinski definition) is 4. The lowest BCUT2D eigenvalue weighted by molar-refractivity contribution is 0.101. The molecule has 54 heavy (non-hydrogen) atoms. The molecule has 4 N–H and O–H groups in total. The van der Waals surface area contributed by atoms with Crippen molar-refractivity contribution in [3.8, 4) is 22.5 Å².